The van der Waals surface area contributed by atoms with Crippen LogP contribution < -0.4 is 0 Å². The average Bonchev–Trinajstić information content (AvgIpc) is 2.06. The Morgan fingerprint density at radius 1 is 1.27 bits per heavy atom. The molecule has 0 saturated carbocycles. The standard InChI is InChI=1S/C10H11ClF3N/c1-15(2)6-7-5-8(10(12,13)14)3-4-9(7)11/h3-5H,6H2,1-2H3. The van der Waals surface area contributed by atoms with E-state index in [1.807, 2.05) is 0 Å². The zero-order valence-electron chi connectivity index (χ0n) is 8.40. The predicted molar refractivity (Wildman–Crippen MR) is 53.8 cm³/mol. The van der Waals surface area contributed by atoms with Gasteiger partial charge in [0.05, 0.1) is 5.56 Å². The summed E-state index contributed by atoms with van der Waals surface area (Å²) in [5.41, 5.74) is -0.180. The largest absolute Gasteiger partial charge is 0.416 e. The second kappa shape index (κ2) is 4.41. The maximum atomic E-state index is 12.4. The van der Waals surface area contributed by atoms with Crippen LogP contribution >= 0.6 is 11.6 Å². The molecule has 0 bridgehead atoms. The predicted octanol–water partition coefficient (Wildman–Crippen LogP) is 3.42. The minimum absolute atomic E-state index is 0.358. The molecule has 0 saturated heterocycles. The van der Waals surface area contributed by atoms with Crippen LogP contribution in [0.3, 0.4) is 0 Å². The van der Waals surface area contributed by atoms with E-state index in [1.165, 1.54) is 6.07 Å². The first kappa shape index (κ1) is 12.3. The molecule has 1 aromatic carbocycles. The van der Waals surface area contributed by atoms with E-state index in [0.29, 0.717) is 17.1 Å². The van der Waals surface area contributed by atoms with Crippen LogP contribution in [0.25, 0.3) is 0 Å². The number of alkyl halides is 3. The molecule has 0 aliphatic heterocycles. The molecule has 0 fully saturated rings. The van der Waals surface area contributed by atoms with Gasteiger partial charge < -0.3 is 4.90 Å². The van der Waals surface area contributed by atoms with Crippen molar-refractivity contribution in [3.8, 4) is 0 Å². The molecule has 5 heteroatoms. The summed E-state index contributed by atoms with van der Waals surface area (Å²) in [6.07, 6.45) is -4.31. The van der Waals surface area contributed by atoms with Crippen molar-refractivity contribution >= 4 is 11.6 Å². The van der Waals surface area contributed by atoms with Crippen molar-refractivity contribution in [2.24, 2.45) is 0 Å². The molecule has 0 atom stereocenters. The Bertz CT molecular complexity index is 347. The van der Waals surface area contributed by atoms with Gasteiger partial charge in [-0.2, -0.15) is 13.2 Å². The minimum atomic E-state index is -4.31. The highest BCUT2D eigenvalue weighted by atomic mass is 35.5. The molecule has 1 rings (SSSR count). The maximum Gasteiger partial charge on any atom is 0.416 e. The van der Waals surface area contributed by atoms with Gasteiger partial charge in [0, 0.05) is 11.6 Å². The number of rotatable bonds is 2. The Labute approximate surface area is 91.5 Å². The second-order valence-electron chi connectivity index (χ2n) is 3.54. The highest BCUT2D eigenvalue weighted by Crippen LogP contribution is 2.31. The number of benzene rings is 1. The maximum absolute atomic E-state index is 12.4. The summed E-state index contributed by atoms with van der Waals surface area (Å²) in [5.74, 6) is 0. The Kier molecular flexibility index (Phi) is 3.62. The van der Waals surface area contributed by atoms with Crippen LogP contribution in [-0.4, -0.2) is 19.0 Å². The van der Waals surface area contributed by atoms with E-state index >= 15 is 0 Å². The number of hydrogen-bond donors (Lipinski definition) is 0. The number of halogens is 4. The van der Waals surface area contributed by atoms with E-state index in [1.54, 1.807) is 19.0 Å². The average molecular weight is 238 g/mol. The smallest absolute Gasteiger partial charge is 0.305 e. The van der Waals surface area contributed by atoms with Crippen LogP contribution in [0, 0.1) is 0 Å². The van der Waals surface area contributed by atoms with Crippen LogP contribution in [0.4, 0.5) is 13.2 Å². The molecule has 15 heavy (non-hydrogen) atoms. The fourth-order valence-corrected chi connectivity index (χ4v) is 1.39. The zero-order valence-corrected chi connectivity index (χ0v) is 9.15. The lowest BCUT2D eigenvalue weighted by Crippen LogP contribution is -2.12. The van der Waals surface area contributed by atoms with Gasteiger partial charge in [0.25, 0.3) is 0 Å². The van der Waals surface area contributed by atoms with E-state index in [4.69, 9.17) is 11.6 Å². The Morgan fingerprint density at radius 2 is 1.87 bits per heavy atom. The lowest BCUT2D eigenvalue weighted by Gasteiger charge is -2.13. The molecule has 0 radical (unpaired) electrons. The van der Waals surface area contributed by atoms with Gasteiger partial charge in [-0.1, -0.05) is 11.6 Å². The molecule has 1 aromatic rings. The SMILES string of the molecule is CN(C)Cc1cc(C(F)(F)F)ccc1Cl. The molecule has 84 valence electrons. The highest BCUT2D eigenvalue weighted by Gasteiger charge is 2.30. The van der Waals surface area contributed by atoms with Crippen molar-refractivity contribution in [3.63, 3.8) is 0 Å². The summed E-state index contributed by atoms with van der Waals surface area (Å²) in [4.78, 5) is 1.77. The first-order valence-electron chi connectivity index (χ1n) is 4.31. The van der Waals surface area contributed by atoms with Gasteiger partial charge in [-0.05, 0) is 37.9 Å². The molecule has 1 nitrogen and oxygen atoms in total. The van der Waals surface area contributed by atoms with E-state index < -0.39 is 11.7 Å². The van der Waals surface area contributed by atoms with Gasteiger partial charge in [-0.15, -0.1) is 0 Å². The third-order valence-corrected chi connectivity index (χ3v) is 2.23. The molecular formula is C10H11ClF3N. The van der Waals surface area contributed by atoms with Crippen LogP contribution in [0.15, 0.2) is 18.2 Å². The van der Waals surface area contributed by atoms with Gasteiger partial charge >= 0.3 is 6.18 Å². The van der Waals surface area contributed by atoms with Crippen molar-refractivity contribution in [2.75, 3.05) is 14.1 Å². The van der Waals surface area contributed by atoms with Crippen LogP contribution in [0.5, 0.6) is 0 Å². The summed E-state index contributed by atoms with van der Waals surface area (Å²) in [6, 6.07) is 3.35. The van der Waals surface area contributed by atoms with Gasteiger partial charge in [0.15, 0.2) is 0 Å². The van der Waals surface area contributed by atoms with Crippen molar-refractivity contribution in [1.29, 1.82) is 0 Å². The van der Waals surface area contributed by atoms with E-state index in [2.05, 4.69) is 0 Å². The molecule has 0 unspecified atom stereocenters. The van der Waals surface area contributed by atoms with Gasteiger partial charge in [0.1, 0.15) is 0 Å². The summed E-state index contributed by atoms with van der Waals surface area (Å²) < 4.78 is 37.1. The van der Waals surface area contributed by atoms with Gasteiger partial charge in [0.2, 0.25) is 0 Å². The van der Waals surface area contributed by atoms with E-state index in [9.17, 15) is 13.2 Å². The lowest BCUT2D eigenvalue weighted by atomic mass is 10.1. The number of nitrogens with zero attached hydrogens (tertiary/aromatic N) is 1. The van der Waals surface area contributed by atoms with Crippen molar-refractivity contribution in [1.82, 2.24) is 4.90 Å². The Balaban J connectivity index is 3.06. The molecule has 0 aliphatic rings. The fraction of sp³-hybridized carbons (Fsp3) is 0.400. The quantitative estimate of drug-likeness (QED) is 0.762. The number of hydrogen-bond acceptors (Lipinski definition) is 1. The van der Waals surface area contributed by atoms with Crippen molar-refractivity contribution in [2.45, 2.75) is 12.7 Å². The Hall–Kier alpha value is -0.740. The van der Waals surface area contributed by atoms with Gasteiger partial charge in [-0.3, -0.25) is 0 Å². The summed E-state index contributed by atoms with van der Waals surface area (Å²) >= 11 is 5.80. The molecular weight excluding hydrogens is 227 g/mol. The first-order chi connectivity index (χ1) is 6.80. The molecule has 0 aromatic heterocycles. The summed E-state index contributed by atoms with van der Waals surface area (Å²) in [5, 5.41) is 0.358. The normalized spacial score (nSPS) is 12.2. The van der Waals surface area contributed by atoms with Crippen molar-refractivity contribution < 1.29 is 13.2 Å². The third-order valence-electron chi connectivity index (χ3n) is 1.86. The van der Waals surface area contributed by atoms with E-state index in [0.717, 1.165) is 12.1 Å². The Morgan fingerprint density at radius 3 is 2.33 bits per heavy atom. The first-order valence-corrected chi connectivity index (χ1v) is 4.69. The second-order valence-corrected chi connectivity index (χ2v) is 3.95. The topological polar surface area (TPSA) is 3.24 Å². The van der Waals surface area contributed by atoms with Crippen molar-refractivity contribution in [3.05, 3.63) is 34.3 Å². The van der Waals surface area contributed by atoms with E-state index in [-0.39, 0.29) is 0 Å². The molecule has 0 N–H and O–H groups in total. The minimum Gasteiger partial charge on any atom is -0.305 e. The summed E-state index contributed by atoms with van der Waals surface area (Å²) in [7, 11) is 3.55. The fourth-order valence-electron chi connectivity index (χ4n) is 1.21. The van der Waals surface area contributed by atoms with Gasteiger partial charge in [-0.25, -0.2) is 0 Å². The van der Waals surface area contributed by atoms with Crippen LogP contribution in [0.2, 0.25) is 5.02 Å². The molecule has 0 heterocycles. The summed E-state index contributed by atoms with van der Waals surface area (Å²) in [6.45, 7) is 0.392. The zero-order chi connectivity index (χ0) is 11.6. The highest BCUT2D eigenvalue weighted by molar-refractivity contribution is 6.31. The monoisotopic (exact) mass is 237 g/mol. The lowest BCUT2D eigenvalue weighted by molar-refractivity contribution is -0.137. The van der Waals surface area contributed by atoms with Crippen LogP contribution in [0.1, 0.15) is 11.1 Å². The third kappa shape index (κ3) is 3.39. The molecule has 0 amide bonds. The molecule has 0 aliphatic carbocycles. The molecule has 0 spiro atoms. The van der Waals surface area contributed by atoms with Crippen LogP contribution in [-0.2, 0) is 12.7 Å².